The molecule has 0 saturated carbocycles. The maximum absolute atomic E-state index is 6.09. The van der Waals surface area contributed by atoms with Crippen molar-refractivity contribution >= 4 is 27.5 Å². The van der Waals surface area contributed by atoms with Crippen molar-refractivity contribution in [1.82, 2.24) is 10.2 Å². The third-order valence-corrected chi connectivity index (χ3v) is 4.24. The lowest BCUT2D eigenvalue weighted by atomic mass is 10.1. The van der Waals surface area contributed by atoms with E-state index in [0.29, 0.717) is 6.04 Å². The summed E-state index contributed by atoms with van der Waals surface area (Å²) in [7, 11) is 0. The molecule has 2 nitrogen and oxygen atoms in total. The third kappa shape index (κ3) is 2.98. The number of piperazine rings is 1. The zero-order valence-electron chi connectivity index (χ0n) is 9.34. The molecule has 0 unspecified atom stereocenters. The summed E-state index contributed by atoms with van der Waals surface area (Å²) in [5, 5.41) is 4.19. The smallest absolute Gasteiger partial charge is 0.0551 e. The minimum atomic E-state index is 0.594. The molecule has 2 rings (SSSR count). The molecule has 0 radical (unpaired) electrons. The molecular weight excluding hydrogens is 288 g/mol. The largest absolute Gasteiger partial charge is 0.314 e. The van der Waals surface area contributed by atoms with Gasteiger partial charge in [-0.25, -0.2) is 0 Å². The second-order valence-corrected chi connectivity index (χ2v) is 5.53. The molecular formula is C12H16BrClN2. The van der Waals surface area contributed by atoms with Crippen molar-refractivity contribution in [2.75, 3.05) is 19.6 Å². The first-order chi connectivity index (χ1) is 7.66. The van der Waals surface area contributed by atoms with Crippen LogP contribution < -0.4 is 5.32 Å². The van der Waals surface area contributed by atoms with E-state index >= 15 is 0 Å². The molecule has 1 aromatic rings. The van der Waals surface area contributed by atoms with Crippen LogP contribution in [-0.4, -0.2) is 30.6 Å². The van der Waals surface area contributed by atoms with Crippen LogP contribution in [0.2, 0.25) is 5.02 Å². The summed E-state index contributed by atoms with van der Waals surface area (Å²) in [5.41, 5.74) is 1.28. The quantitative estimate of drug-likeness (QED) is 0.904. The summed E-state index contributed by atoms with van der Waals surface area (Å²) in [6, 6.07) is 6.78. The van der Waals surface area contributed by atoms with Crippen LogP contribution in [0, 0.1) is 0 Å². The fourth-order valence-corrected chi connectivity index (χ4v) is 2.44. The Kier molecular flexibility index (Phi) is 4.25. The van der Waals surface area contributed by atoms with Gasteiger partial charge in [0.05, 0.1) is 5.02 Å². The lowest BCUT2D eigenvalue weighted by Gasteiger charge is -2.33. The van der Waals surface area contributed by atoms with E-state index in [-0.39, 0.29) is 0 Å². The minimum Gasteiger partial charge on any atom is -0.314 e. The van der Waals surface area contributed by atoms with Gasteiger partial charge in [0.2, 0.25) is 0 Å². The molecule has 1 saturated heterocycles. The van der Waals surface area contributed by atoms with Crippen LogP contribution in [0.3, 0.4) is 0 Å². The Labute approximate surface area is 110 Å². The zero-order valence-corrected chi connectivity index (χ0v) is 11.7. The molecule has 4 heteroatoms. The van der Waals surface area contributed by atoms with Gasteiger partial charge in [0, 0.05) is 36.7 Å². The lowest BCUT2D eigenvalue weighted by molar-refractivity contribution is 0.165. The molecule has 1 aliphatic rings. The molecule has 0 amide bonds. The first-order valence-electron chi connectivity index (χ1n) is 5.55. The van der Waals surface area contributed by atoms with Crippen LogP contribution >= 0.6 is 27.5 Å². The summed E-state index contributed by atoms with van der Waals surface area (Å²) in [6.45, 7) is 6.50. The van der Waals surface area contributed by atoms with Crippen molar-refractivity contribution in [3.63, 3.8) is 0 Å². The van der Waals surface area contributed by atoms with Gasteiger partial charge in [0.25, 0.3) is 0 Å². The highest BCUT2D eigenvalue weighted by atomic mass is 79.9. The van der Waals surface area contributed by atoms with Crippen molar-refractivity contribution in [2.24, 2.45) is 0 Å². The van der Waals surface area contributed by atoms with E-state index in [4.69, 9.17) is 11.6 Å². The topological polar surface area (TPSA) is 15.3 Å². The van der Waals surface area contributed by atoms with Crippen molar-refractivity contribution in [3.05, 3.63) is 33.3 Å². The Bertz CT molecular complexity index is 370. The van der Waals surface area contributed by atoms with Gasteiger partial charge in [0.15, 0.2) is 0 Å². The predicted molar refractivity (Wildman–Crippen MR) is 71.9 cm³/mol. The molecule has 16 heavy (non-hydrogen) atoms. The van der Waals surface area contributed by atoms with Gasteiger partial charge in [-0.1, -0.05) is 17.7 Å². The summed E-state index contributed by atoms with van der Waals surface area (Å²) < 4.78 is 0.964. The molecule has 0 aromatic heterocycles. The van der Waals surface area contributed by atoms with Gasteiger partial charge in [-0.2, -0.15) is 0 Å². The summed E-state index contributed by atoms with van der Waals surface area (Å²) in [6.07, 6.45) is 0. The van der Waals surface area contributed by atoms with E-state index in [0.717, 1.165) is 35.7 Å². The zero-order chi connectivity index (χ0) is 11.5. The molecule has 1 N–H and O–H groups in total. The highest BCUT2D eigenvalue weighted by Crippen LogP contribution is 2.24. The van der Waals surface area contributed by atoms with Crippen molar-refractivity contribution in [1.29, 1.82) is 0 Å². The third-order valence-electron chi connectivity index (χ3n) is 3.01. The monoisotopic (exact) mass is 302 g/mol. The minimum absolute atomic E-state index is 0.594. The highest BCUT2D eigenvalue weighted by molar-refractivity contribution is 9.10. The summed E-state index contributed by atoms with van der Waals surface area (Å²) in [5.74, 6) is 0. The predicted octanol–water partition coefficient (Wildman–Crippen LogP) is 2.90. The van der Waals surface area contributed by atoms with E-state index in [1.807, 2.05) is 12.1 Å². The van der Waals surface area contributed by atoms with Gasteiger partial charge >= 0.3 is 0 Å². The van der Waals surface area contributed by atoms with Crippen LogP contribution in [-0.2, 0) is 6.54 Å². The van der Waals surface area contributed by atoms with E-state index in [2.05, 4.69) is 39.1 Å². The highest BCUT2D eigenvalue weighted by Gasteiger charge is 2.17. The SMILES string of the molecule is C[C@@H]1CNCCN1Cc1ccc(Br)c(Cl)c1. The summed E-state index contributed by atoms with van der Waals surface area (Å²) in [4.78, 5) is 2.48. The van der Waals surface area contributed by atoms with Crippen molar-refractivity contribution in [3.8, 4) is 0 Å². The van der Waals surface area contributed by atoms with E-state index in [1.165, 1.54) is 5.56 Å². The molecule has 0 spiro atoms. The van der Waals surface area contributed by atoms with E-state index < -0.39 is 0 Å². The van der Waals surface area contributed by atoms with Gasteiger partial charge in [-0.3, -0.25) is 4.90 Å². The van der Waals surface area contributed by atoms with Gasteiger partial charge in [-0.05, 0) is 40.5 Å². The van der Waals surface area contributed by atoms with Crippen LogP contribution in [0.15, 0.2) is 22.7 Å². The lowest BCUT2D eigenvalue weighted by Crippen LogP contribution is -2.49. The average molecular weight is 304 g/mol. The van der Waals surface area contributed by atoms with Crippen LogP contribution in [0.4, 0.5) is 0 Å². The van der Waals surface area contributed by atoms with Crippen LogP contribution in [0.25, 0.3) is 0 Å². The van der Waals surface area contributed by atoms with Gasteiger partial charge in [0.1, 0.15) is 0 Å². The number of halogens is 2. The first kappa shape index (κ1) is 12.4. The molecule has 1 aliphatic heterocycles. The first-order valence-corrected chi connectivity index (χ1v) is 6.72. The maximum Gasteiger partial charge on any atom is 0.0551 e. The van der Waals surface area contributed by atoms with Crippen LogP contribution in [0.5, 0.6) is 0 Å². The van der Waals surface area contributed by atoms with Gasteiger partial charge < -0.3 is 5.32 Å². The second-order valence-electron chi connectivity index (χ2n) is 4.27. The number of hydrogen-bond donors (Lipinski definition) is 1. The molecule has 1 aromatic carbocycles. The molecule has 1 atom stereocenters. The number of benzene rings is 1. The van der Waals surface area contributed by atoms with E-state index in [9.17, 15) is 0 Å². The average Bonchev–Trinajstić information content (AvgIpc) is 2.27. The van der Waals surface area contributed by atoms with Crippen molar-refractivity contribution < 1.29 is 0 Å². The Hall–Kier alpha value is -0.0900. The Morgan fingerprint density at radius 3 is 3.06 bits per heavy atom. The number of hydrogen-bond acceptors (Lipinski definition) is 2. The van der Waals surface area contributed by atoms with E-state index in [1.54, 1.807) is 0 Å². The Morgan fingerprint density at radius 1 is 1.56 bits per heavy atom. The van der Waals surface area contributed by atoms with Crippen LogP contribution in [0.1, 0.15) is 12.5 Å². The fraction of sp³-hybridized carbons (Fsp3) is 0.500. The number of nitrogens with zero attached hydrogens (tertiary/aromatic N) is 1. The molecule has 0 aliphatic carbocycles. The van der Waals surface area contributed by atoms with Gasteiger partial charge in [-0.15, -0.1) is 0 Å². The fourth-order valence-electron chi connectivity index (χ4n) is 1.99. The molecule has 88 valence electrons. The molecule has 0 bridgehead atoms. The number of rotatable bonds is 2. The van der Waals surface area contributed by atoms with Crippen molar-refractivity contribution in [2.45, 2.75) is 19.5 Å². The number of nitrogens with one attached hydrogen (secondary N) is 1. The normalized spacial score (nSPS) is 22.3. The standard InChI is InChI=1S/C12H16BrClN2/c1-9-7-15-4-5-16(9)8-10-2-3-11(13)12(14)6-10/h2-3,6,9,15H,4-5,7-8H2,1H3/t9-/m1/s1. The maximum atomic E-state index is 6.09. The second kappa shape index (κ2) is 5.50. The summed E-state index contributed by atoms with van der Waals surface area (Å²) >= 11 is 9.50. The molecule has 1 heterocycles. The Balaban J connectivity index is 2.05. The molecule has 1 fully saturated rings. The Morgan fingerprint density at radius 2 is 2.38 bits per heavy atom.